The lowest BCUT2D eigenvalue weighted by atomic mass is 10.1. The molecule has 0 heterocycles. The zero-order valence-corrected chi connectivity index (χ0v) is 11.2. The molecule has 3 nitrogen and oxygen atoms in total. The van der Waals surface area contributed by atoms with Gasteiger partial charge in [-0.05, 0) is 38.3 Å². The van der Waals surface area contributed by atoms with E-state index < -0.39 is 6.10 Å². The third-order valence-corrected chi connectivity index (χ3v) is 2.70. The van der Waals surface area contributed by atoms with Crippen LogP contribution in [0.1, 0.15) is 30.0 Å². The highest BCUT2D eigenvalue weighted by Crippen LogP contribution is 2.26. The molecular formula is C14H20O3. The van der Waals surface area contributed by atoms with Crippen LogP contribution in [-0.2, 0) is 9.53 Å². The number of hydrogen-bond acceptors (Lipinski definition) is 3. The molecule has 94 valence electrons. The molecule has 0 aliphatic rings. The van der Waals surface area contributed by atoms with Gasteiger partial charge in [-0.25, -0.2) is 4.79 Å². The van der Waals surface area contributed by atoms with Gasteiger partial charge in [-0.2, -0.15) is 0 Å². The van der Waals surface area contributed by atoms with Crippen LogP contribution < -0.4 is 4.74 Å². The molecule has 0 N–H and O–H groups in total. The summed E-state index contributed by atoms with van der Waals surface area (Å²) in [4.78, 5) is 11.5. The standard InChI is InChI=1S/C14H20O3/c1-6-12(14(15)16-5)17-13-10(3)7-9(2)8-11(13)4/h7-8,12H,6H2,1-5H3/t12-/m0/s1. The van der Waals surface area contributed by atoms with Crippen LogP contribution in [0.3, 0.4) is 0 Å². The average Bonchev–Trinajstić information content (AvgIpc) is 2.27. The predicted octanol–water partition coefficient (Wildman–Crippen LogP) is 2.94. The molecule has 0 radical (unpaired) electrons. The molecule has 0 fully saturated rings. The molecule has 0 spiro atoms. The zero-order chi connectivity index (χ0) is 13.0. The van der Waals surface area contributed by atoms with E-state index in [-0.39, 0.29) is 5.97 Å². The van der Waals surface area contributed by atoms with Gasteiger partial charge in [0.05, 0.1) is 7.11 Å². The Kier molecular flexibility index (Phi) is 4.55. The van der Waals surface area contributed by atoms with Crippen LogP contribution in [-0.4, -0.2) is 19.2 Å². The first-order chi connectivity index (χ1) is 7.99. The highest BCUT2D eigenvalue weighted by Gasteiger charge is 2.20. The summed E-state index contributed by atoms with van der Waals surface area (Å²) in [6.45, 7) is 7.92. The van der Waals surface area contributed by atoms with Gasteiger partial charge in [-0.15, -0.1) is 0 Å². The second-order valence-electron chi connectivity index (χ2n) is 4.27. The Hall–Kier alpha value is -1.51. The minimum Gasteiger partial charge on any atom is -0.478 e. The van der Waals surface area contributed by atoms with Crippen LogP contribution >= 0.6 is 0 Å². The molecule has 1 aromatic rings. The largest absolute Gasteiger partial charge is 0.478 e. The Morgan fingerprint density at radius 2 is 1.76 bits per heavy atom. The molecule has 0 aromatic heterocycles. The Bertz CT molecular complexity index is 387. The van der Waals surface area contributed by atoms with Crippen LogP contribution in [0.15, 0.2) is 12.1 Å². The van der Waals surface area contributed by atoms with Crippen LogP contribution in [0.25, 0.3) is 0 Å². The molecule has 0 saturated heterocycles. The summed E-state index contributed by atoms with van der Waals surface area (Å²) >= 11 is 0. The summed E-state index contributed by atoms with van der Waals surface area (Å²) in [6, 6.07) is 4.10. The summed E-state index contributed by atoms with van der Waals surface area (Å²) in [5.41, 5.74) is 3.29. The maximum absolute atomic E-state index is 11.5. The van der Waals surface area contributed by atoms with E-state index in [0.29, 0.717) is 6.42 Å². The van der Waals surface area contributed by atoms with E-state index in [1.165, 1.54) is 12.7 Å². The molecule has 0 amide bonds. The molecule has 0 aliphatic carbocycles. The van der Waals surface area contributed by atoms with Crippen molar-refractivity contribution >= 4 is 5.97 Å². The average molecular weight is 236 g/mol. The van der Waals surface area contributed by atoms with E-state index in [1.807, 2.05) is 39.8 Å². The predicted molar refractivity (Wildman–Crippen MR) is 67.4 cm³/mol. The lowest BCUT2D eigenvalue weighted by Gasteiger charge is -2.19. The highest BCUT2D eigenvalue weighted by atomic mass is 16.6. The summed E-state index contributed by atoms with van der Waals surface area (Å²) in [6.07, 6.45) is 0.0690. The SMILES string of the molecule is CC[C@H](Oc1c(C)cc(C)cc1C)C(=O)OC. The van der Waals surface area contributed by atoms with E-state index in [0.717, 1.165) is 16.9 Å². The van der Waals surface area contributed by atoms with Crippen molar-refractivity contribution in [2.45, 2.75) is 40.2 Å². The smallest absolute Gasteiger partial charge is 0.347 e. The molecular weight excluding hydrogens is 216 g/mol. The number of rotatable bonds is 4. The fraction of sp³-hybridized carbons (Fsp3) is 0.500. The van der Waals surface area contributed by atoms with Gasteiger partial charge < -0.3 is 9.47 Å². The minimum absolute atomic E-state index is 0.327. The first kappa shape index (κ1) is 13.6. The summed E-state index contributed by atoms with van der Waals surface area (Å²) in [5, 5.41) is 0. The van der Waals surface area contributed by atoms with Gasteiger partial charge >= 0.3 is 5.97 Å². The van der Waals surface area contributed by atoms with Crippen molar-refractivity contribution in [3.05, 3.63) is 28.8 Å². The molecule has 1 aromatic carbocycles. The second kappa shape index (κ2) is 5.71. The molecule has 1 atom stereocenters. The van der Waals surface area contributed by atoms with Crippen molar-refractivity contribution in [3.8, 4) is 5.75 Å². The Balaban J connectivity index is 2.98. The number of benzene rings is 1. The van der Waals surface area contributed by atoms with Crippen molar-refractivity contribution in [2.24, 2.45) is 0 Å². The number of methoxy groups -OCH3 is 1. The maximum atomic E-state index is 11.5. The third kappa shape index (κ3) is 3.22. The van der Waals surface area contributed by atoms with Crippen LogP contribution in [0.4, 0.5) is 0 Å². The number of aryl methyl sites for hydroxylation is 3. The van der Waals surface area contributed by atoms with Gasteiger partial charge in [0.25, 0.3) is 0 Å². The monoisotopic (exact) mass is 236 g/mol. The van der Waals surface area contributed by atoms with Crippen molar-refractivity contribution in [1.29, 1.82) is 0 Å². The fourth-order valence-electron chi connectivity index (χ4n) is 1.92. The number of carbonyl (C=O) groups is 1. The zero-order valence-electron chi connectivity index (χ0n) is 11.2. The Morgan fingerprint density at radius 3 is 2.18 bits per heavy atom. The number of carbonyl (C=O) groups excluding carboxylic acids is 1. The van der Waals surface area contributed by atoms with Gasteiger partial charge in [0.2, 0.25) is 0 Å². The van der Waals surface area contributed by atoms with Gasteiger partial charge in [0, 0.05) is 0 Å². The quantitative estimate of drug-likeness (QED) is 0.754. The molecule has 17 heavy (non-hydrogen) atoms. The van der Waals surface area contributed by atoms with Crippen LogP contribution in [0, 0.1) is 20.8 Å². The number of hydrogen-bond donors (Lipinski definition) is 0. The Morgan fingerprint density at radius 1 is 1.24 bits per heavy atom. The normalized spacial score (nSPS) is 12.1. The summed E-state index contributed by atoms with van der Waals surface area (Å²) in [7, 11) is 1.38. The fourth-order valence-corrected chi connectivity index (χ4v) is 1.92. The van der Waals surface area contributed by atoms with E-state index in [9.17, 15) is 4.79 Å². The minimum atomic E-state index is -0.528. The molecule has 0 bridgehead atoms. The lowest BCUT2D eigenvalue weighted by Crippen LogP contribution is -2.28. The second-order valence-corrected chi connectivity index (χ2v) is 4.27. The van der Waals surface area contributed by atoms with Crippen molar-refractivity contribution in [2.75, 3.05) is 7.11 Å². The van der Waals surface area contributed by atoms with Gasteiger partial charge in [0.15, 0.2) is 6.10 Å². The van der Waals surface area contributed by atoms with Crippen molar-refractivity contribution in [3.63, 3.8) is 0 Å². The number of ether oxygens (including phenoxy) is 2. The number of esters is 1. The van der Waals surface area contributed by atoms with E-state index >= 15 is 0 Å². The molecule has 0 saturated carbocycles. The topological polar surface area (TPSA) is 35.5 Å². The lowest BCUT2D eigenvalue weighted by molar-refractivity contribution is -0.148. The summed E-state index contributed by atoms with van der Waals surface area (Å²) < 4.78 is 10.5. The van der Waals surface area contributed by atoms with E-state index in [1.54, 1.807) is 0 Å². The van der Waals surface area contributed by atoms with Crippen molar-refractivity contribution < 1.29 is 14.3 Å². The van der Waals surface area contributed by atoms with E-state index in [4.69, 9.17) is 9.47 Å². The van der Waals surface area contributed by atoms with Gasteiger partial charge in [0.1, 0.15) is 5.75 Å². The molecule has 3 heteroatoms. The Labute approximate surface area is 103 Å². The first-order valence-corrected chi connectivity index (χ1v) is 5.82. The first-order valence-electron chi connectivity index (χ1n) is 5.82. The maximum Gasteiger partial charge on any atom is 0.347 e. The van der Waals surface area contributed by atoms with Crippen molar-refractivity contribution in [1.82, 2.24) is 0 Å². The van der Waals surface area contributed by atoms with E-state index in [2.05, 4.69) is 0 Å². The molecule has 1 rings (SSSR count). The molecule has 0 unspecified atom stereocenters. The molecule has 0 aliphatic heterocycles. The van der Waals surface area contributed by atoms with Gasteiger partial charge in [-0.3, -0.25) is 0 Å². The highest BCUT2D eigenvalue weighted by molar-refractivity contribution is 5.75. The van der Waals surface area contributed by atoms with Gasteiger partial charge in [-0.1, -0.05) is 24.6 Å². The van der Waals surface area contributed by atoms with Crippen LogP contribution in [0.5, 0.6) is 5.75 Å². The van der Waals surface area contributed by atoms with Crippen LogP contribution in [0.2, 0.25) is 0 Å². The summed E-state index contributed by atoms with van der Waals surface area (Å²) in [5.74, 6) is 0.458. The third-order valence-electron chi connectivity index (χ3n) is 2.70.